The van der Waals surface area contributed by atoms with E-state index in [0.717, 1.165) is 28.8 Å². The van der Waals surface area contributed by atoms with Gasteiger partial charge in [-0.25, -0.2) is 0 Å². The second kappa shape index (κ2) is 7.70. The van der Waals surface area contributed by atoms with Gasteiger partial charge in [0.15, 0.2) is 0 Å². The minimum atomic E-state index is -0.239. The predicted molar refractivity (Wildman–Crippen MR) is 105 cm³/mol. The van der Waals surface area contributed by atoms with Gasteiger partial charge in [0.1, 0.15) is 12.0 Å². The summed E-state index contributed by atoms with van der Waals surface area (Å²) in [5.74, 6) is 1.11. The van der Waals surface area contributed by atoms with Gasteiger partial charge in [-0.3, -0.25) is 10.4 Å². The first-order chi connectivity index (χ1) is 12.5. The van der Waals surface area contributed by atoms with E-state index in [2.05, 4.69) is 0 Å². The van der Waals surface area contributed by atoms with Crippen molar-refractivity contribution in [3.63, 3.8) is 0 Å². The quantitative estimate of drug-likeness (QED) is 0.504. The number of ether oxygens (including phenoxy) is 1. The number of rotatable bonds is 4. The van der Waals surface area contributed by atoms with E-state index in [9.17, 15) is 4.79 Å². The molecular weight excluding hydrogens is 350 g/mol. The highest BCUT2D eigenvalue weighted by atomic mass is 35.5. The Labute approximate surface area is 157 Å². The number of hydrogen-bond donors (Lipinski definition) is 1. The maximum Gasteiger partial charge on any atom is 0.122 e. The summed E-state index contributed by atoms with van der Waals surface area (Å²) in [6.45, 7) is 2.21. The normalized spacial score (nSPS) is 16.3. The zero-order valence-electron chi connectivity index (χ0n) is 14.7. The van der Waals surface area contributed by atoms with Gasteiger partial charge in [-0.05, 0) is 37.3 Å². The van der Waals surface area contributed by atoms with Gasteiger partial charge in [0.25, 0.3) is 0 Å². The first-order valence-corrected chi connectivity index (χ1v) is 8.69. The van der Waals surface area contributed by atoms with Crippen LogP contribution in [0.1, 0.15) is 24.5 Å². The van der Waals surface area contributed by atoms with Crippen molar-refractivity contribution in [2.45, 2.75) is 19.4 Å². The standard InChI is InChI=1S/C20H20ClN3O2/c1-13(22)24-12-16(9-10-25)23-20(14-3-5-15(21)6-4-14)18-11-17(26-2)7-8-19(18)24/h3-8,10-11,16,22H,9,12H2,1-2H3/t16-/m0/s1. The molecule has 6 heteroatoms. The van der Waals surface area contributed by atoms with Crippen LogP contribution >= 0.6 is 11.6 Å². The fourth-order valence-electron chi connectivity index (χ4n) is 3.06. The molecule has 2 aromatic rings. The molecule has 3 rings (SSSR count). The second-order valence-corrected chi connectivity index (χ2v) is 6.56. The number of hydrogen-bond acceptors (Lipinski definition) is 4. The fourth-order valence-corrected chi connectivity index (χ4v) is 3.19. The summed E-state index contributed by atoms with van der Waals surface area (Å²) in [6, 6.07) is 12.9. The Morgan fingerprint density at radius 1 is 1.35 bits per heavy atom. The molecule has 0 spiro atoms. The minimum absolute atomic E-state index is 0.239. The molecule has 0 saturated carbocycles. The summed E-state index contributed by atoms with van der Waals surface area (Å²) >= 11 is 6.03. The molecule has 0 aliphatic carbocycles. The zero-order valence-corrected chi connectivity index (χ0v) is 15.5. The van der Waals surface area contributed by atoms with Crippen molar-refractivity contribution in [1.82, 2.24) is 0 Å². The molecule has 1 atom stereocenters. The highest BCUT2D eigenvalue weighted by Gasteiger charge is 2.26. The Balaban J connectivity index is 2.23. The van der Waals surface area contributed by atoms with Gasteiger partial charge in [0, 0.05) is 29.1 Å². The van der Waals surface area contributed by atoms with Gasteiger partial charge in [-0.15, -0.1) is 0 Å². The number of halogens is 1. The lowest BCUT2D eigenvalue weighted by atomic mass is 9.99. The van der Waals surface area contributed by atoms with Crippen LogP contribution in [0.5, 0.6) is 5.75 Å². The summed E-state index contributed by atoms with van der Waals surface area (Å²) in [6.07, 6.45) is 1.17. The van der Waals surface area contributed by atoms with E-state index in [1.165, 1.54) is 0 Å². The van der Waals surface area contributed by atoms with E-state index in [1.54, 1.807) is 14.0 Å². The molecule has 0 bridgehead atoms. The molecule has 0 fully saturated rings. The number of carbonyl (C=O) groups is 1. The van der Waals surface area contributed by atoms with Crippen LogP contribution in [0.15, 0.2) is 47.5 Å². The van der Waals surface area contributed by atoms with Gasteiger partial charge in [0.05, 0.1) is 30.4 Å². The summed E-state index contributed by atoms with van der Waals surface area (Å²) in [5, 5.41) is 8.82. The minimum Gasteiger partial charge on any atom is -0.497 e. The van der Waals surface area contributed by atoms with Crippen LogP contribution < -0.4 is 9.64 Å². The van der Waals surface area contributed by atoms with Gasteiger partial charge in [-0.1, -0.05) is 23.7 Å². The molecule has 1 aliphatic heterocycles. The summed E-state index contributed by atoms with van der Waals surface area (Å²) in [4.78, 5) is 17.9. The molecule has 0 radical (unpaired) electrons. The molecule has 134 valence electrons. The highest BCUT2D eigenvalue weighted by Crippen LogP contribution is 2.32. The van der Waals surface area contributed by atoms with Crippen molar-refractivity contribution < 1.29 is 9.53 Å². The smallest absolute Gasteiger partial charge is 0.122 e. The number of amidine groups is 1. The average molecular weight is 370 g/mol. The molecule has 1 aliphatic rings. The van der Waals surface area contributed by atoms with Crippen LogP contribution in [0.3, 0.4) is 0 Å². The number of benzene rings is 2. The molecule has 2 aromatic carbocycles. The fraction of sp³-hybridized carbons (Fsp3) is 0.250. The number of methoxy groups -OCH3 is 1. The lowest BCUT2D eigenvalue weighted by molar-refractivity contribution is -0.108. The number of carbonyl (C=O) groups excluding carboxylic acids is 1. The summed E-state index contributed by atoms with van der Waals surface area (Å²) in [7, 11) is 1.62. The number of anilines is 1. The molecule has 5 nitrogen and oxygen atoms in total. The van der Waals surface area contributed by atoms with Crippen molar-refractivity contribution in [3.05, 3.63) is 58.6 Å². The van der Waals surface area contributed by atoms with Crippen LogP contribution in [0.25, 0.3) is 0 Å². The van der Waals surface area contributed by atoms with Gasteiger partial charge >= 0.3 is 0 Å². The number of nitrogens with zero attached hydrogens (tertiary/aromatic N) is 2. The number of benzodiazepines with no additional fused rings is 1. The average Bonchev–Trinajstić information content (AvgIpc) is 2.79. The third-order valence-corrected chi connectivity index (χ3v) is 4.60. The number of aldehydes is 1. The number of aliphatic imine (C=N–C) groups is 1. The first kappa shape index (κ1) is 18.1. The maximum absolute atomic E-state index is 11.1. The topological polar surface area (TPSA) is 65.8 Å². The lowest BCUT2D eigenvalue weighted by Gasteiger charge is -2.25. The zero-order chi connectivity index (χ0) is 18.7. The third kappa shape index (κ3) is 3.63. The molecule has 1 N–H and O–H groups in total. The Morgan fingerprint density at radius 3 is 2.69 bits per heavy atom. The Kier molecular flexibility index (Phi) is 5.38. The first-order valence-electron chi connectivity index (χ1n) is 8.32. The van der Waals surface area contributed by atoms with Crippen LogP contribution in [0, 0.1) is 5.41 Å². The molecule has 0 saturated heterocycles. The van der Waals surface area contributed by atoms with Crippen molar-refractivity contribution in [2.24, 2.45) is 4.99 Å². The Hall–Kier alpha value is -2.66. The molecular formula is C20H20ClN3O2. The van der Waals surface area contributed by atoms with Crippen molar-refractivity contribution in [3.8, 4) is 5.75 Å². The third-order valence-electron chi connectivity index (χ3n) is 4.35. The predicted octanol–water partition coefficient (Wildman–Crippen LogP) is 3.96. The van der Waals surface area contributed by atoms with Crippen molar-refractivity contribution in [1.29, 1.82) is 5.41 Å². The molecule has 0 amide bonds. The van der Waals surface area contributed by atoms with Crippen LogP contribution in [0.2, 0.25) is 5.02 Å². The van der Waals surface area contributed by atoms with E-state index in [-0.39, 0.29) is 6.04 Å². The van der Waals surface area contributed by atoms with E-state index < -0.39 is 0 Å². The van der Waals surface area contributed by atoms with Gasteiger partial charge < -0.3 is 14.4 Å². The number of nitrogens with one attached hydrogen (secondary N) is 1. The SMILES string of the molecule is COc1ccc2c(c1)C(c1ccc(Cl)cc1)=N[C@@H](CC=O)CN2C(C)=N. The molecule has 26 heavy (non-hydrogen) atoms. The highest BCUT2D eigenvalue weighted by molar-refractivity contribution is 6.30. The summed E-state index contributed by atoms with van der Waals surface area (Å²) in [5.41, 5.74) is 3.42. The van der Waals surface area contributed by atoms with Crippen LogP contribution in [-0.2, 0) is 4.79 Å². The number of fused-ring (bicyclic) bond motifs is 1. The summed E-state index contributed by atoms with van der Waals surface area (Å²) < 4.78 is 5.39. The second-order valence-electron chi connectivity index (χ2n) is 6.12. The molecule has 1 heterocycles. The monoisotopic (exact) mass is 369 g/mol. The van der Waals surface area contributed by atoms with Gasteiger partial charge in [0.2, 0.25) is 0 Å². The van der Waals surface area contributed by atoms with E-state index in [1.807, 2.05) is 47.4 Å². The van der Waals surface area contributed by atoms with Crippen LogP contribution in [-0.4, -0.2) is 37.5 Å². The molecule has 0 unspecified atom stereocenters. The van der Waals surface area contributed by atoms with Crippen molar-refractivity contribution in [2.75, 3.05) is 18.6 Å². The van der Waals surface area contributed by atoms with E-state index in [0.29, 0.717) is 29.6 Å². The van der Waals surface area contributed by atoms with E-state index >= 15 is 0 Å². The maximum atomic E-state index is 11.1. The van der Waals surface area contributed by atoms with Crippen LogP contribution in [0.4, 0.5) is 5.69 Å². The molecule has 0 aromatic heterocycles. The van der Waals surface area contributed by atoms with E-state index in [4.69, 9.17) is 26.7 Å². The van der Waals surface area contributed by atoms with Gasteiger partial charge in [-0.2, -0.15) is 0 Å². The largest absolute Gasteiger partial charge is 0.497 e. The lowest BCUT2D eigenvalue weighted by Crippen LogP contribution is -2.34. The Bertz CT molecular complexity index is 862. The Morgan fingerprint density at radius 2 is 2.08 bits per heavy atom. The van der Waals surface area contributed by atoms with Crippen molar-refractivity contribution >= 4 is 35.1 Å².